The van der Waals surface area contributed by atoms with Crippen LogP contribution in [-0.4, -0.2) is 16.5 Å². The molecule has 0 fully saturated rings. The van der Waals surface area contributed by atoms with E-state index in [-0.39, 0.29) is 5.92 Å². The number of aromatic nitrogens is 2. The number of imidazole rings is 1. The normalized spacial score (nSPS) is 12.5. The second-order valence-corrected chi connectivity index (χ2v) is 3.69. The van der Waals surface area contributed by atoms with E-state index in [4.69, 9.17) is 12.2 Å². The highest BCUT2D eigenvalue weighted by Gasteiger charge is 2.13. The van der Waals surface area contributed by atoms with Gasteiger partial charge in [0.15, 0.2) is 4.73 Å². The fourth-order valence-corrected chi connectivity index (χ4v) is 2.02. The SMILES string of the molecule is C#CC(CN)c1[nH]c(Br)nc1Br. The zero-order valence-electron chi connectivity index (χ0n) is 6.14. The number of terminal acetylenes is 1. The molecule has 1 rings (SSSR count). The number of nitrogens with one attached hydrogen (secondary N) is 1. The van der Waals surface area contributed by atoms with Crippen LogP contribution < -0.4 is 5.73 Å². The van der Waals surface area contributed by atoms with Gasteiger partial charge in [-0.15, -0.1) is 6.42 Å². The summed E-state index contributed by atoms with van der Waals surface area (Å²) in [5, 5.41) is 0. The van der Waals surface area contributed by atoms with E-state index in [2.05, 4.69) is 47.7 Å². The third-order valence-electron chi connectivity index (χ3n) is 1.44. The maximum atomic E-state index is 5.47. The van der Waals surface area contributed by atoms with E-state index in [0.29, 0.717) is 15.9 Å². The Bertz CT molecular complexity index is 313. The van der Waals surface area contributed by atoms with Crippen molar-refractivity contribution in [2.45, 2.75) is 5.92 Å². The lowest BCUT2D eigenvalue weighted by Gasteiger charge is -2.03. The first-order chi connectivity index (χ1) is 5.69. The molecule has 0 aliphatic heterocycles. The predicted molar refractivity (Wildman–Crippen MR) is 54.6 cm³/mol. The van der Waals surface area contributed by atoms with Crippen LogP contribution in [0.4, 0.5) is 0 Å². The number of H-pyrrole nitrogens is 1. The van der Waals surface area contributed by atoms with Gasteiger partial charge in [-0.25, -0.2) is 4.98 Å². The summed E-state index contributed by atoms with van der Waals surface area (Å²) in [7, 11) is 0. The average molecular weight is 293 g/mol. The Balaban J connectivity index is 3.02. The molecule has 1 aromatic rings. The van der Waals surface area contributed by atoms with Crippen LogP contribution >= 0.6 is 31.9 Å². The van der Waals surface area contributed by atoms with Crippen LogP contribution in [0.25, 0.3) is 0 Å². The summed E-state index contributed by atoms with van der Waals surface area (Å²) < 4.78 is 1.36. The Kier molecular flexibility index (Phi) is 3.32. The van der Waals surface area contributed by atoms with E-state index in [0.717, 1.165) is 5.69 Å². The third kappa shape index (κ3) is 1.89. The zero-order valence-corrected chi connectivity index (χ0v) is 9.31. The number of nitrogens with two attached hydrogens (primary N) is 1. The summed E-state index contributed by atoms with van der Waals surface area (Å²) in [4.78, 5) is 7.04. The number of hydrogen-bond donors (Lipinski definition) is 2. The van der Waals surface area contributed by atoms with E-state index >= 15 is 0 Å². The lowest BCUT2D eigenvalue weighted by atomic mass is 10.1. The van der Waals surface area contributed by atoms with Gasteiger partial charge in [0.2, 0.25) is 0 Å². The van der Waals surface area contributed by atoms with Crippen molar-refractivity contribution in [3.63, 3.8) is 0 Å². The monoisotopic (exact) mass is 291 g/mol. The molecule has 0 radical (unpaired) electrons. The molecule has 0 aliphatic carbocycles. The van der Waals surface area contributed by atoms with E-state index in [1.165, 1.54) is 0 Å². The first-order valence-electron chi connectivity index (χ1n) is 3.26. The summed E-state index contributed by atoms with van der Waals surface area (Å²) in [6, 6.07) is 0. The minimum absolute atomic E-state index is 0.113. The first-order valence-corrected chi connectivity index (χ1v) is 4.84. The van der Waals surface area contributed by atoms with Crippen LogP contribution in [0.5, 0.6) is 0 Å². The van der Waals surface area contributed by atoms with Crippen LogP contribution in [0, 0.1) is 12.3 Å². The van der Waals surface area contributed by atoms with Crippen LogP contribution in [0.2, 0.25) is 0 Å². The highest BCUT2D eigenvalue weighted by molar-refractivity contribution is 9.11. The molecule has 0 amide bonds. The molecular weight excluding hydrogens is 286 g/mol. The third-order valence-corrected chi connectivity index (χ3v) is 2.42. The van der Waals surface area contributed by atoms with E-state index in [1.807, 2.05) is 0 Å². The van der Waals surface area contributed by atoms with Crippen molar-refractivity contribution < 1.29 is 0 Å². The Morgan fingerprint density at radius 2 is 2.33 bits per heavy atom. The molecule has 0 aliphatic rings. The summed E-state index contributed by atoms with van der Waals surface area (Å²) in [5.41, 5.74) is 6.31. The van der Waals surface area contributed by atoms with Crippen LogP contribution in [0.3, 0.4) is 0 Å². The lowest BCUT2D eigenvalue weighted by molar-refractivity contribution is 0.840. The van der Waals surface area contributed by atoms with Gasteiger partial charge in [-0.2, -0.15) is 0 Å². The Labute approximate surface area is 87.4 Å². The summed E-state index contributed by atoms with van der Waals surface area (Å²) >= 11 is 6.48. The maximum absolute atomic E-state index is 5.47. The minimum atomic E-state index is -0.113. The van der Waals surface area contributed by atoms with Gasteiger partial charge in [0, 0.05) is 6.54 Å². The Morgan fingerprint density at radius 1 is 1.67 bits per heavy atom. The zero-order chi connectivity index (χ0) is 9.14. The Hall–Kier alpha value is -0.310. The lowest BCUT2D eigenvalue weighted by Crippen LogP contribution is -2.11. The largest absolute Gasteiger partial charge is 0.334 e. The van der Waals surface area contributed by atoms with Gasteiger partial charge in [0.1, 0.15) is 4.60 Å². The van der Waals surface area contributed by atoms with Crippen molar-refractivity contribution in [1.82, 2.24) is 9.97 Å². The molecule has 0 saturated carbocycles. The minimum Gasteiger partial charge on any atom is -0.334 e. The topological polar surface area (TPSA) is 54.7 Å². The number of halogens is 2. The van der Waals surface area contributed by atoms with Crippen molar-refractivity contribution in [2.24, 2.45) is 5.73 Å². The molecule has 1 atom stereocenters. The smallest absolute Gasteiger partial charge is 0.175 e. The Morgan fingerprint density at radius 3 is 2.67 bits per heavy atom. The maximum Gasteiger partial charge on any atom is 0.175 e. The van der Waals surface area contributed by atoms with E-state index in [9.17, 15) is 0 Å². The molecule has 5 heteroatoms. The molecule has 1 unspecified atom stereocenters. The highest BCUT2D eigenvalue weighted by Crippen LogP contribution is 2.23. The molecule has 12 heavy (non-hydrogen) atoms. The van der Waals surface area contributed by atoms with Crippen LogP contribution in [0.15, 0.2) is 9.34 Å². The van der Waals surface area contributed by atoms with Gasteiger partial charge in [0.05, 0.1) is 11.6 Å². The molecule has 0 aromatic carbocycles. The standard InChI is InChI=1S/C7H7Br2N3/c1-2-4(3-10)5-6(8)12-7(9)11-5/h1,4H,3,10H2,(H,11,12). The van der Waals surface area contributed by atoms with Gasteiger partial charge >= 0.3 is 0 Å². The van der Waals surface area contributed by atoms with Crippen molar-refractivity contribution in [3.05, 3.63) is 15.0 Å². The van der Waals surface area contributed by atoms with Gasteiger partial charge in [-0.1, -0.05) is 5.92 Å². The molecule has 1 heterocycles. The van der Waals surface area contributed by atoms with Gasteiger partial charge < -0.3 is 10.7 Å². The van der Waals surface area contributed by atoms with Crippen molar-refractivity contribution in [1.29, 1.82) is 0 Å². The van der Waals surface area contributed by atoms with E-state index in [1.54, 1.807) is 0 Å². The van der Waals surface area contributed by atoms with Gasteiger partial charge in [-0.05, 0) is 31.9 Å². The quantitative estimate of drug-likeness (QED) is 0.814. The number of nitrogens with zero attached hydrogens (tertiary/aromatic N) is 1. The number of hydrogen-bond acceptors (Lipinski definition) is 2. The second kappa shape index (κ2) is 4.08. The van der Waals surface area contributed by atoms with Crippen molar-refractivity contribution >= 4 is 31.9 Å². The first kappa shape index (κ1) is 9.78. The van der Waals surface area contributed by atoms with Gasteiger partial charge in [0.25, 0.3) is 0 Å². The molecule has 0 spiro atoms. The second-order valence-electron chi connectivity index (χ2n) is 2.19. The molecule has 0 saturated heterocycles. The van der Waals surface area contributed by atoms with E-state index < -0.39 is 0 Å². The van der Waals surface area contributed by atoms with Crippen LogP contribution in [-0.2, 0) is 0 Å². The molecule has 1 aromatic heterocycles. The molecule has 0 bridgehead atoms. The summed E-state index contributed by atoms with van der Waals surface area (Å²) in [5.74, 6) is 2.46. The fourth-order valence-electron chi connectivity index (χ4n) is 0.837. The molecule has 64 valence electrons. The number of aromatic amines is 1. The molecule has 3 nitrogen and oxygen atoms in total. The van der Waals surface area contributed by atoms with Crippen molar-refractivity contribution in [2.75, 3.05) is 6.54 Å². The van der Waals surface area contributed by atoms with Gasteiger partial charge in [-0.3, -0.25) is 0 Å². The molecular formula is C7H7Br2N3. The number of rotatable bonds is 2. The predicted octanol–water partition coefficient (Wildman–Crippen LogP) is 1.61. The molecule has 3 N–H and O–H groups in total. The van der Waals surface area contributed by atoms with Crippen molar-refractivity contribution in [3.8, 4) is 12.3 Å². The summed E-state index contributed by atoms with van der Waals surface area (Å²) in [6.07, 6.45) is 5.28. The average Bonchev–Trinajstić information content (AvgIpc) is 2.34. The summed E-state index contributed by atoms with van der Waals surface area (Å²) in [6.45, 7) is 0.406. The van der Waals surface area contributed by atoms with Crippen LogP contribution in [0.1, 0.15) is 11.6 Å². The highest BCUT2D eigenvalue weighted by atomic mass is 79.9. The fraction of sp³-hybridized carbons (Fsp3) is 0.286.